The van der Waals surface area contributed by atoms with Crippen LogP contribution in [0.25, 0.3) is 11.0 Å². The van der Waals surface area contributed by atoms with Gasteiger partial charge in [0.15, 0.2) is 0 Å². The molecule has 0 unspecified atom stereocenters. The second-order valence-electron chi connectivity index (χ2n) is 5.66. The smallest absolute Gasteiger partial charge is 0.271 e. The van der Waals surface area contributed by atoms with E-state index in [1.54, 1.807) is 6.07 Å². The molecule has 3 aromatic rings. The Morgan fingerprint density at radius 2 is 1.81 bits per heavy atom. The highest BCUT2D eigenvalue weighted by atomic mass is 35.5. The third-order valence-electron chi connectivity index (χ3n) is 3.78. The fraction of sp³-hybridized carbons (Fsp3) is 0.111. The molecule has 0 atom stereocenters. The van der Waals surface area contributed by atoms with Gasteiger partial charge in [-0.15, -0.1) is 0 Å². The summed E-state index contributed by atoms with van der Waals surface area (Å²) in [5, 5.41) is 1.94. The zero-order valence-corrected chi connectivity index (χ0v) is 15.8. The van der Waals surface area contributed by atoms with Crippen LogP contribution in [0, 0.1) is 6.92 Å². The average Bonchev–Trinajstić information content (AvgIpc) is 2.95. The molecular formula is C18H13Cl3N2O3. The number of halogens is 3. The normalized spacial score (nSPS) is 10.8. The molecule has 26 heavy (non-hydrogen) atoms. The van der Waals surface area contributed by atoms with Gasteiger partial charge in [-0.05, 0) is 42.8 Å². The van der Waals surface area contributed by atoms with Crippen molar-refractivity contribution in [1.82, 2.24) is 10.9 Å². The number of hydrazine groups is 1. The van der Waals surface area contributed by atoms with E-state index in [1.807, 2.05) is 13.0 Å². The second-order valence-corrected chi connectivity index (χ2v) is 6.91. The number of hydrogen-bond donors (Lipinski definition) is 2. The first-order valence-electron chi connectivity index (χ1n) is 7.55. The summed E-state index contributed by atoms with van der Waals surface area (Å²) in [7, 11) is 0. The Labute approximate surface area is 164 Å². The third-order valence-corrected chi connectivity index (χ3v) is 4.73. The molecule has 8 heteroatoms. The highest BCUT2D eigenvalue weighted by Crippen LogP contribution is 2.28. The van der Waals surface area contributed by atoms with Crippen molar-refractivity contribution in [3.63, 3.8) is 0 Å². The van der Waals surface area contributed by atoms with Crippen molar-refractivity contribution in [2.24, 2.45) is 0 Å². The number of nitrogens with one attached hydrogen (secondary N) is 2. The molecule has 0 saturated heterocycles. The SMILES string of the molecule is Cc1cc2occ(CC(=O)NNC(=O)c3ccc(Cl)cc3Cl)c2cc1Cl. The van der Waals surface area contributed by atoms with E-state index in [0.29, 0.717) is 21.2 Å². The number of furan rings is 1. The number of carbonyl (C=O) groups excluding carboxylic acids is 2. The molecule has 0 radical (unpaired) electrons. The quantitative estimate of drug-likeness (QED) is 0.613. The van der Waals surface area contributed by atoms with E-state index in [9.17, 15) is 9.59 Å². The summed E-state index contributed by atoms with van der Waals surface area (Å²) in [4.78, 5) is 24.2. The Morgan fingerprint density at radius 3 is 2.54 bits per heavy atom. The van der Waals surface area contributed by atoms with Gasteiger partial charge in [0, 0.05) is 21.0 Å². The lowest BCUT2D eigenvalue weighted by atomic mass is 10.1. The van der Waals surface area contributed by atoms with E-state index in [0.717, 1.165) is 10.9 Å². The highest BCUT2D eigenvalue weighted by molar-refractivity contribution is 6.36. The summed E-state index contributed by atoms with van der Waals surface area (Å²) in [6.07, 6.45) is 1.51. The van der Waals surface area contributed by atoms with Crippen molar-refractivity contribution >= 4 is 57.6 Å². The lowest BCUT2D eigenvalue weighted by molar-refractivity contribution is -0.121. The maximum Gasteiger partial charge on any atom is 0.271 e. The van der Waals surface area contributed by atoms with E-state index in [1.165, 1.54) is 24.5 Å². The summed E-state index contributed by atoms with van der Waals surface area (Å²) in [6.45, 7) is 1.87. The van der Waals surface area contributed by atoms with E-state index < -0.39 is 11.8 Å². The zero-order chi connectivity index (χ0) is 18.8. The Morgan fingerprint density at radius 1 is 1.04 bits per heavy atom. The fourth-order valence-corrected chi connectivity index (χ4v) is 3.08. The number of carbonyl (C=O) groups is 2. The lowest BCUT2D eigenvalue weighted by Crippen LogP contribution is -2.42. The standard InChI is InChI=1S/C18H13Cl3N2O3/c1-9-4-16-13(7-14(9)20)10(8-26-16)5-17(24)22-23-18(25)12-3-2-11(19)6-15(12)21/h2-4,6-8H,5H2,1H3,(H,22,24)(H,23,25). The van der Waals surface area contributed by atoms with Gasteiger partial charge >= 0.3 is 0 Å². The van der Waals surface area contributed by atoms with Crippen molar-refractivity contribution in [1.29, 1.82) is 0 Å². The molecule has 0 fully saturated rings. The predicted molar refractivity (Wildman–Crippen MR) is 102 cm³/mol. The maximum atomic E-state index is 12.1. The van der Waals surface area contributed by atoms with Crippen molar-refractivity contribution < 1.29 is 14.0 Å². The molecular weight excluding hydrogens is 399 g/mol. The Balaban J connectivity index is 1.66. The van der Waals surface area contributed by atoms with Gasteiger partial charge in [-0.1, -0.05) is 34.8 Å². The molecule has 0 saturated carbocycles. The predicted octanol–water partition coefficient (Wildman–Crippen LogP) is 4.71. The van der Waals surface area contributed by atoms with Gasteiger partial charge in [0.25, 0.3) is 5.91 Å². The number of aryl methyl sites for hydroxylation is 1. The Kier molecular flexibility index (Phi) is 5.41. The van der Waals surface area contributed by atoms with Crippen LogP contribution < -0.4 is 10.9 Å². The van der Waals surface area contributed by atoms with Gasteiger partial charge in [-0.3, -0.25) is 20.4 Å². The summed E-state index contributed by atoms with van der Waals surface area (Å²) in [5.41, 5.74) is 7.06. The number of amides is 2. The van der Waals surface area contributed by atoms with Crippen molar-refractivity contribution in [2.45, 2.75) is 13.3 Å². The van der Waals surface area contributed by atoms with Gasteiger partial charge in [-0.25, -0.2) is 0 Å². The second kappa shape index (κ2) is 7.58. The van der Waals surface area contributed by atoms with Gasteiger partial charge < -0.3 is 4.42 Å². The molecule has 1 heterocycles. The van der Waals surface area contributed by atoms with Crippen molar-refractivity contribution in [3.8, 4) is 0 Å². The van der Waals surface area contributed by atoms with E-state index in [2.05, 4.69) is 10.9 Å². The average molecular weight is 412 g/mol. The van der Waals surface area contributed by atoms with Gasteiger partial charge in [0.2, 0.25) is 5.91 Å². The topological polar surface area (TPSA) is 71.3 Å². The first kappa shape index (κ1) is 18.6. The molecule has 5 nitrogen and oxygen atoms in total. The Hall–Kier alpha value is -2.21. The number of rotatable bonds is 3. The van der Waals surface area contributed by atoms with Crippen LogP contribution in [0.2, 0.25) is 15.1 Å². The molecule has 2 amide bonds. The van der Waals surface area contributed by atoms with Crippen molar-refractivity contribution in [3.05, 3.63) is 68.4 Å². The van der Waals surface area contributed by atoms with Crippen LogP contribution in [0.4, 0.5) is 0 Å². The van der Waals surface area contributed by atoms with Crippen LogP contribution in [-0.2, 0) is 11.2 Å². The third kappa shape index (κ3) is 3.96. The Bertz CT molecular complexity index is 1010. The van der Waals surface area contributed by atoms with Gasteiger partial charge in [0.1, 0.15) is 5.58 Å². The fourth-order valence-electron chi connectivity index (χ4n) is 2.42. The zero-order valence-electron chi connectivity index (χ0n) is 13.5. The summed E-state index contributed by atoms with van der Waals surface area (Å²) < 4.78 is 5.45. The van der Waals surface area contributed by atoms with Gasteiger partial charge in [0.05, 0.1) is 23.3 Å². The first-order chi connectivity index (χ1) is 12.3. The molecule has 0 aliphatic carbocycles. The molecule has 3 rings (SSSR count). The molecule has 134 valence electrons. The van der Waals surface area contributed by atoms with E-state index >= 15 is 0 Å². The minimum absolute atomic E-state index is 0.0149. The number of fused-ring (bicyclic) bond motifs is 1. The highest BCUT2D eigenvalue weighted by Gasteiger charge is 2.14. The molecule has 0 aliphatic heterocycles. The lowest BCUT2D eigenvalue weighted by Gasteiger charge is -2.08. The minimum Gasteiger partial charge on any atom is -0.464 e. The number of benzene rings is 2. The van der Waals surface area contributed by atoms with Crippen LogP contribution in [0.15, 0.2) is 41.0 Å². The van der Waals surface area contributed by atoms with Crippen LogP contribution in [0.3, 0.4) is 0 Å². The molecule has 2 aromatic carbocycles. The molecule has 0 aliphatic rings. The molecule has 0 spiro atoms. The minimum atomic E-state index is -0.546. The van der Waals surface area contributed by atoms with Crippen molar-refractivity contribution in [2.75, 3.05) is 0 Å². The van der Waals surface area contributed by atoms with E-state index in [-0.39, 0.29) is 17.0 Å². The largest absolute Gasteiger partial charge is 0.464 e. The van der Waals surface area contributed by atoms with E-state index in [4.69, 9.17) is 39.2 Å². The van der Waals surface area contributed by atoms with Gasteiger partial charge in [-0.2, -0.15) is 0 Å². The molecule has 1 aromatic heterocycles. The van der Waals surface area contributed by atoms with Crippen LogP contribution >= 0.6 is 34.8 Å². The summed E-state index contributed by atoms with van der Waals surface area (Å²) in [5.74, 6) is -0.960. The monoisotopic (exact) mass is 410 g/mol. The first-order valence-corrected chi connectivity index (χ1v) is 8.69. The summed E-state index contributed by atoms with van der Waals surface area (Å²) >= 11 is 17.9. The van der Waals surface area contributed by atoms with Crippen LogP contribution in [0.1, 0.15) is 21.5 Å². The molecule has 2 N–H and O–H groups in total. The van der Waals surface area contributed by atoms with Crippen LogP contribution in [0.5, 0.6) is 0 Å². The summed E-state index contributed by atoms with van der Waals surface area (Å²) in [6, 6.07) is 8.02. The van der Waals surface area contributed by atoms with Crippen LogP contribution in [-0.4, -0.2) is 11.8 Å². The number of hydrogen-bond acceptors (Lipinski definition) is 3. The molecule has 0 bridgehead atoms. The maximum absolute atomic E-state index is 12.1.